The summed E-state index contributed by atoms with van der Waals surface area (Å²) < 4.78 is 5.61. The number of aldehydes is 1. The molecule has 104 valence electrons. The molecule has 20 heavy (non-hydrogen) atoms. The smallest absolute Gasteiger partial charge is 0.150 e. The van der Waals surface area contributed by atoms with Gasteiger partial charge in [0, 0.05) is 18.8 Å². The zero-order valence-electron chi connectivity index (χ0n) is 11.1. The number of carbonyl (C=O) groups is 1. The highest BCUT2D eigenvalue weighted by Crippen LogP contribution is 2.20. The van der Waals surface area contributed by atoms with Gasteiger partial charge in [-0.15, -0.1) is 0 Å². The highest BCUT2D eigenvalue weighted by atomic mass is 35.5. The molecule has 2 aromatic rings. The third-order valence-corrected chi connectivity index (χ3v) is 3.11. The molecule has 0 unspecified atom stereocenters. The zero-order valence-corrected chi connectivity index (χ0v) is 11.9. The van der Waals surface area contributed by atoms with Crippen molar-refractivity contribution in [3.05, 3.63) is 53.2 Å². The molecule has 4 nitrogen and oxygen atoms in total. The number of pyridine rings is 1. The Morgan fingerprint density at radius 3 is 2.70 bits per heavy atom. The minimum absolute atomic E-state index is 0.504. The van der Waals surface area contributed by atoms with Crippen LogP contribution in [-0.2, 0) is 0 Å². The fourth-order valence-corrected chi connectivity index (χ4v) is 1.97. The molecule has 1 aromatic heterocycles. The first kappa shape index (κ1) is 14.3. The van der Waals surface area contributed by atoms with Crippen molar-refractivity contribution in [3.63, 3.8) is 0 Å². The molecule has 0 fully saturated rings. The van der Waals surface area contributed by atoms with Gasteiger partial charge in [-0.3, -0.25) is 4.79 Å². The fourth-order valence-electron chi connectivity index (χ4n) is 1.71. The largest absolute Gasteiger partial charge is 0.492 e. The minimum atomic E-state index is 0.504. The molecular weight excluding hydrogens is 276 g/mol. The second-order valence-electron chi connectivity index (χ2n) is 4.27. The lowest BCUT2D eigenvalue weighted by Gasteiger charge is -2.19. The number of ether oxygens (including phenoxy) is 1. The lowest BCUT2D eigenvalue weighted by molar-refractivity contribution is 0.112. The molecule has 1 heterocycles. The van der Waals surface area contributed by atoms with Crippen LogP contribution in [0, 0.1) is 0 Å². The van der Waals surface area contributed by atoms with Crippen LogP contribution in [0.3, 0.4) is 0 Å². The quantitative estimate of drug-likeness (QED) is 0.767. The summed E-state index contributed by atoms with van der Waals surface area (Å²) in [7, 11) is 1.91. The maximum Gasteiger partial charge on any atom is 0.150 e. The molecule has 0 bridgehead atoms. The average molecular weight is 291 g/mol. The summed E-state index contributed by atoms with van der Waals surface area (Å²) in [4.78, 5) is 16.7. The molecular formula is C15H15ClN2O2. The van der Waals surface area contributed by atoms with Crippen LogP contribution < -0.4 is 9.64 Å². The molecule has 0 aliphatic carbocycles. The second-order valence-corrected chi connectivity index (χ2v) is 4.67. The van der Waals surface area contributed by atoms with Crippen molar-refractivity contribution in [1.29, 1.82) is 0 Å². The summed E-state index contributed by atoms with van der Waals surface area (Å²) in [6.07, 6.45) is 2.51. The first-order chi connectivity index (χ1) is 9.70. The van der Waals surface area contributed by atoms with Crippen LogP contribution in [0.15, 0.2) is 42.6 Å². The Bertz CT molecular complexity index is 572. The van der Waals surface area contributed by atoms with E-state index in [1.54, 1.807) is 42.6 Å². The number of hydrogen-bond acceptors (Lipinski definition) is 4. The van der Waals surface area contributed by atoms with Crippen LogP contribution in [0.25, 0.3) is 0 Å². The van der Waals surface area contributed by atoms with Crippen molar-refractivity contribution in [3.8, 4) is 5.75 Å². The van der Waals surface area contributed by atoms with E-state index in [1.807, 2.05) is 11.9 Å². The van der Waals surface area contributed by atoms with E-state index in [-0.39, 0.29) is 0 Å². The number of anilines is 1. The summed E-state index contributed by atoms with van der Waals surface area (Å²) in [6, 6.07) is 10.6. The van der Waals surface area contributed by atoms with Crippen LogP contribution in [0.2, 0.25) is 5.02 Å². The summed E-state index contributed by atoms with van der Waals surface area (Å²) in [5.74, 6) is 1.46. The van der Waals surface area contributed by atoms with Gasteiger partial charge in [0.1, 0.15) is 24.5 Å². The van der Waals surface area contributed by atoms with Crippen LogP contribution in [0.5, 0.6) is 5.75 Å². The lowest BCUT2D eigenvalue weighted by Crippen LogP contribution is -2.24. The van der Waals surface area contributed by atoms with Crippen LogP contribution in [0.4, 0.5) is 5.82 Å². The summed E-state index contributed by atoms with van der Waals surface area (Å²) in [5, 5.41) is 0.616. The molecule has 5 heteroatoms. The Kier molecular flexibility index (Phi) is 4.96. The number of likely N-dealkylation sites (N-methyl/N-ethyl adjacent to an activating group) is 1. The zero-order chi connectivity index (χ0) is 14.4. The van der Waals surface area contributed by atoms with Gasteiger partial charge in [0.2, 0.25) is 0 Å². The predicted octanol–water partition coefficient (Wildman–Crippen LogP) is 3.06. The normalized spacial score (nSPS) is 10.1. The van der Waals surface area contributed by atoms with Gasteiger partial charge in [0.25, 0.3) is 0 Å². The topological polar surface area (TPSA) is 42.4 Å². The van der Waals surface area contributed by atoms with E-state index in [1.165, 1.54) is 0 Å². The predicted molar refractivity (Wildman–Crippen MR) is 79.8 cm³/mol. The van der Waals surface area contributed by atoms with Crippen LogP contribution in [-0.4, -0.2) is 31.5 Å². The monoisotopic (exact) mass is 290 g/mol. The summed E-state index contributed by atoms with van der Waals surface area (Å²) >= 11 is 6.07. The number of benzene rings is 1. The first-order valence-electron chi connectivity index (χ1n) is 6.20. The number of hydrogen-bond donors (Lipinski definition) is 0. The minimum Gasteiger partial charge on any atom is -0.492 e. The molecule has 0 saturated heterocycles. The van der Waals surface area contributed by atoms with E-state index < -0.39 is 0 Å². The molecule has 2 rings (SSSR count). The highest BCUT2D eigenvalue weighted by molar-refractivity contribution is 6.32. The molecule has 1 aromatic carbocycles. The van der Waals surface area contributed by atoms with E-state index >= 15 is 0 Å². The maximum atomic E-state index is 10.5. The number of halogens is 1. The number of carbonyl (C=O) groups excluding carboxylic acids is 1. The first-order valence-corrected chi connectivity index (χ1v) is 6.58. The molecule has 0 atom stereocenters. The van der Waals surface area contributed by atoms with Gasteiger partial charge in [-0.25, -0.2) is 4.98 Å². The van der Waals surface area contributed by atoms with Gasteiger partial charge in [-0.05, 0) is 36.4 Å². The molecule has 0 aliphatic heterocycles. The Balaban J connectivity index is 1.86. The Morgan fingerprint density at radius 2 is 2.05 bits per heavy atom. The summed E-state index contributed by atoms with van der Waals surface area (Å²) in [5.41, 5.74) is 0.634. The Morgan fingerprint density at radius 1 is 1.30 bits per heavy atom. The average Bonchev–Trinajstić information content (AvgIpc) is 2.48. The van der Waals surface area contributed by atoms with Crippen molar-refractivity contribution in [2.45, 2.75) is 0 Å². The van der Waals surface area contributed by atoms with Gasteiger partial charge >= 0.3 is 0 Å². The van der Waals surface area contributed by atoms with Gasteiger partial charge < -0.3 is 9.64 Å². The van der Waals surface area contributed by atoms with Crippen molar-refractivity contribution in [2.24, 2.45) is 0 Å². The van der Waals surface area contributed by atoms with Gasteiger partial charge in [-0.1, -0.05) is 11.6 Å². The third-order valence-electron chi connectivity index (χ3n) is 2.81. The van der Waals surface area contributed by atoms with E-state index in [4.69, 9.17) is 16.3 Å². The van der Waals surface area contributed by atoms with Crippen molar-refractivity contribution >= 4 is 23.7 Å². The number of rotatable bonds is 6. The number of nitrogens with zero attached hydrogens (tertiary/aromatic N) is 2. The standard InChI is InChI=1S/C15H15ClN2O2/c1-18(15-14(16)3-2-8-17-15)9-10-20-13-6-4-12(11-19)5-7-13/h2-8,11H,9-10H2,1H3. The van der Waals surface area contributed by atoms with Crippen molar-refractivity contribution in [1.82, 2.24) is 4.98 Å². The highest BCUT2D eigenvalue weighted by Gasteiger charge is 2.06. The van der Waals surface area contributed by atoms with Gasteiger partial charge in [0.05, 0.1) is 11.6 Å². The lowest BCUT2D eigenvalue weighted by atomic mass is 10.2. The van der Waals surface area contributed by atoms with E-state index in [0.29, 0.717) is 23.7 Å². The van der Waals surface area contributed by atoms with Crippen molar-refractivity contribution < 1.29 is 9.53 Å². The Labute approximate surface area is 123 Å². The maximum absolute atomic E-state index is 10.5. The fraction of sp³-hybridized carbons (Fsp3) is 0.200. The molecule has 0 radical (unpaired) electrons. The molecule has 0 aliphatic rings. The molecule has 0 spiro atoms. The molecule has 0 saturated carbocycles. The van der Waals surface area contributed by atoms with Crippen LogP contribution >= 0.6 is 11.6 Å². The Hall–Kier alpha value is -2.07. The molecule has 0 amide bonds. The summed E-state index contributed by atoms with van der Waals surface area (Å²) in [6.45, 7) is 1.16. The molecule has 0 N–H and O–H groups in total. The van der Waals surface area contributed by atoms with Crippen LogP contribution in [0.1, 0.15) is 10.4 Å². The SMILES string of the molecule is CN(CCOc1ccc(C=O)cc1)c1ncccc1Cl. The van der Waals surface area contributed by atoms with Crippen molar-refractivity contribution in [2.75, 3.05) is 25.1 Å². The van der Waals surface area contributed by atoms with E-state index in [9.17, 15) is 4.79 Å². The number of aromatic nitrogens is 1. The van der Waals surface area contributed by atoms with E-state index in [0.717, 1.165) is 17.9 Å². The van der Waals surface area contributed by atoms with E-state index in [2.05, 4.69) is 4.98 Å². The van der Waals surface area contributed by atoms with Gasteiger partial charge in [0.15, 0.2) is 0 Å². The third kappa shape index (κ3) is 3.71. The second kappa shape index (κ2) is 6.91. The van der Waals surface area contributed by atoms with Gasteiger partial charge in [-0.2, -0.15) is 0 Å².